The van der Waals surface area contributed by atoms with Crippen molar-refractivity contribution in [1.29, 1.82) is 0 Å². The van der Waals surface area contributed by atoms with Crippen LogP contribution in [0, 0.1) is 6.92 Å². The molecule has 7 aromatic carbocycles. The number of nitrogens with zero attached hydrogens (tertiary/aromatic N) is 3. The number of benzene rings is 7. The second-order valence-corrected chi connectivity index (χ2v) is 21.0. The van der Waals surface area contributed by atoms with Crippen molar-refractivity contribution in [3.05, 3.63) is 179 Å². The highest BCUT2D eigenvalue weighted by molar-refractivity contribution is 7.00. The largest absolute Gasteiger partial charge is 0.311 e. The van der Waals surface area contributed by atoms with Crippen LogP contribution in [0.25, 0.3) is 0 Å². The molecule has 4 heteroatoms. The Morgan fingerprint density at radius 2 is 0.873 bits per heavy atom. The van der Waals surface area contributed by atoms with Crippen molar-refractivity contribution in [2.75, 3.05) is 14.7 Å². The number of hydrogen-bond donors (Lipinski definition) is 0. The Bertz CT molecular complexity index is 3300. The van der Waals surface area contributed by atoms with Gasteiger partial charge in [-0.15, -0.1) is 0 Å². The molecule has 7 aromatic rings. The summed E-state index contributed by atoms with van der Waals surface area (Å²) >= 11 is 0. The van der Waals surface area contributed by atoms with E-state index in [1.54, 1.807) is 11.8 Å². The third-order valence-corrected chi connectivity index (χ3v) is 11.9. The van der Waals surface area contributed by atoms with E-state index in [1.807, 2.05) is 161 Å². The fourth-order valence-electron chi connectivity index (χ4n) is 8.63. The zero-order valence-electron chi connectivity index (χ0n) is 51.8. The topological polar surface area (TPSA) is 9.72 Å². The van der Waals surface area contributed by atoms with Crippen molar-refractivity contribution in [2.45, 2.75) is 112 Å². The molecule has 0 unspecified atom stereocenters. The molecule has 0 radical (unpaired) electrons. The van der Waals surface area contributed by atoms with Crippen LogP contribution in [0.15, 0.2) is 151 Å². The highest BCUT2D eigenvalue weighted by Gasteiger charge is 2.45. The fraction of sp³-hybridized carbons (Fsp3) is 0.288. The zero-order valence-corrected chi connectivity index (χ0v) is 38.8. The summed E-state index contributed by atoms with van der Waals surface area (Å²) in [7, 11) is 0. The summed E-state index contributed by atoms with van der Waals surface area (Å²) in [4.78, 5) is 5.00. The van der Waals surface area contributed by atoms with Gasteiger partial charge in [-0.1, -0.05) is 162 Å². The molecule has 0 aromatic heterocycles. The Hall–Kier alpha value is -6.00. The molecule has 0 bridgehead atoms. The number of anilines is 9. The number of fused-ring (bicyclic) bond motifs is 4. The molecule has 0 spiro atoms. The SMILES string of the molecule is [2H]c1c([2H])c(C(C)(C)C)c([2H])c([2H])c1N1c2cc(N(c3ccccc3)c3ccccc3)cc3c2B(c2c([2H])c(C(C)(C)C)c([2H])c([2H])c21)c1c([2H])c(C(C)(C)C)c([2H])c([2H])c1N3c1c([2H])c([2H])c(C(C)(C)C)c(C)c1[2H]. The zero-order chi connectivity index (χ0) is 56.1. The normalized spacial score (nSPS) is 16.6. The van der Waals surface area contributed by atoms with Crippen LogP contribution in [0.1, 0.15) is 129 Å². The quantitative estimate of drug-likeness (QED) is 0.160. The minimum atomic E-state index is -1.23. The first-order valence-electron chi connectivity index (χ1n) is 28.4. The van der Waals surface area contributed by atoms with Gasteiger partial charge in [0.05, 0.1) is 23.5 Å². The average Bonchev–Trinajstić information content (AvgIpc) is 3.40. The lowest BCUT2D eigenvalue weighted by Gasteiger charge is -2.45. The molecule has 2 heterocycles. The summed E-state index contributed by atoms with van der Waals surface area (Å²) in [6, 6.07) is 19.0. The molecule has 3 nitrogen and oxygen atoms in total. The van der Waals surface area contributed by atoms with Crippen molar-refractivity contribution < 1.29 is 17.8 Å². The molecule has 0 fully saturated rings. The van der Waals surface area contributed by atoms with Crippen molar-refractivity contribution in [2.24, 2.45) is 0 Å². The van der Waals surface area contributed by atoms with Crippen LogP contribution in [0.2, 0.25) is 0 Å². The van der Waals surface area contributed by atoms with Gasteiger partial charge in [-0.25, -0.2) is 0 Å². The Labute approximate surface area is 396 Å². The summed E-state index contributed by atoms with van der Waals surface area (Å²) in [5, 5.41) is 0. The van der Waals surface area contributed by atoms with Gasteiger partial charge >= 0.3 is 0 Å². The minimum absolute atomic E-state index is 0.0183. The fourth-order valence-corrected chi connectivity index (χ4v) is 8.63. The van der Waals surface area contributed by atoms with E-state index in [9.17, 15) is 17.8 Å². The van der Waals surface area contributed by atoms with Crippen LogP contribution in [0.4, 0.5) is 51.2 Å². The summed E-state index contributed by atoms with van der Waals surface area (Å²) in [6.07, 6.45) is 0. The van der Waals surface area contributed by atoms with E-state index < -0.39 is 40.5 Å². The number of hydrogen-bond acceptors (Lipinski definition) is 3. The number of rotatable bonds is 5. The molecule has 0 saturated carbocycles. The molecule has 63 heavy (non-hydrogen) atoms. The lowest BCUT2D eigenvalue weighted by Crippen LogP contribution is -2.61. The van der Waals surface area contributed by atoms with Crippen LogP contribution in [-0.4, -0.2) is 6.71 Å². The molecule has 2 aliphatic heterocycles. The molecule has 0 N–H and O–H groups in total. The van der Waals surface area contributed by atoms with Crippen LogP contribution in [0.5, 0.6) is 0 Å². The van der Waals surface area contributed by atoms with Gasteiger partial charge in [0.25, 0.3) is 6.71 Å². The predicted molar refractivity (Wildman–Crippen MR) is 275 cm³/mol. The van der Waals surface area contributed by atoms with Gasteiger partial charge in [0, 0.05) is 45.5 Å². The van der Waals surface area contributed by atoms with Crippen molar-refractivity contribution in [3.8, 4) is 0 Å². The monoisotopic (exact) mass is 839 g/mol. The molecule has 0 atom stereocenters. The first-order valence-corrected chi connectivity index (χ1v) is 21.9. The van der Waals surface area contributed by atoms with Crippen LogP contribution in [0.3, 0.4) is 0 Å². The smallest absolute Gasteiger partial charge is 0.252 e. The molecule has 318 valence electrons. The summed E-state index contributed by atoms with van der Waals surface area (Å²) in [5.74, 6) is 0. The maximum Gasteiger partial charge on any atom is 0.252 e. The standard InChI is InChI=1S/C59H64BN3/c1-39-34-46(30-31-48(39)59(11,12)13)63-52-33-27-42(58(8,9)10)36-50(52)60-49-35-41(57(5,6)7)26-32-51(49)62(45-28-24-40(25-29-45)56(2,3)4)53-37-47(38-54(63)55(53)60)61(43-20-16-14-17-21-43)44-22-18-15-19-23-44/h14-38H,1-13H3/i24D,25D,26D,27D,28D,29D,30D,31D,32D,33D,34D,35D,36D. The minimum Gasteiger partial charge on any atom is -0.311 e. The van der Waals surface area contributed by atoms with Crippen LogP contribution in [-0.2, 0) is 21.7 Å². The molecular formula is C59H64BN3. The average molecular weight is 839 g/mol. The molecule has 2 aliphatic rings. The molecule has 9 rings (SSSR count). The summed E-state index contributed by atoms with van der Waals surface area (Å²) in [5.41, 5.74) is 0.614. The second-order valence-electron chi connectivity index (χ2n) is 21.0. The van der Waals surface area contributed by atoms with E-state index >= 15 is 0 Å². The lowest BCUT2D eigenvalue weighted by molar-refractivity contribution is 0.586. The highest BCUT2D eigenvalue weighted by Crippen LogP contribution is 2.49. The van der Waals surface area contributed by atoms with E-state index in [-0.39, 0.29) is 128 Å². The first-order chi connectivity index (χ1) is 35.2. The molecular weight excluding hydrogens is 761 g/mol. The van der Waals surface area contributed by atoms with E-state index in [0.29, 0.717) is 33.7 Å². The van der Waals surface area contributed by atoms with Crippen molar-refractivity contribution >= 4 is 74.3 Å². The Morgan fingerprint density at radius 1 is 0.444 bits per heavy atom. The van der Waals surface area contributed by atoms with Gasteiger partial charge in [-0.3, -0.25) is 0 Å². The van der Waals surface area contributed by atoms with Crippen molar-refractivity contribution in [3.63, 3.8) is 0 Å². The molecule has 0 amide bonds. The highest BCUT2D eigenvalue weighted by atomic mass is 15.2. The maximum absolute atomic E-state index is 10.5. The third kappa shape index (κ3) is 7.56. The maximum atomic E-state index is 10.5. The Balaban J connectivity index is 1.63. The van der Waals surface area contributed by atoms with E-state index in [0.717, 1.165) is 0 Å². The number of para-hydroxylation sites is 2. The van der Waals surface area contributed by atoms with Gasteiger partial charge in [0.2, 0.25) is 0 Å². The third-order valence-electron chi connectivity index (χ3n) is 11.9. The van der Waals surface area contributed by atoms with Crippen LogP contribution < -0.4 is 31.1 Å². The van der Waals surface area contributed by atoms with Gasteiger partial charge < -0.3 is 14.7 Å². The summed E-state index contributed by atoms with van der Waals surface area (Å²) < 4.78 is 130. The Kier molecular flexibility index (Phi) is 7.03. The summed E-state index contributed by atoms with van der Waals surface area (Å²) in [6.45, 7) is 22.8. The van der Waals surface area contributed by atoms with Gasteiger partial charge in [0.15, 0.2) is 0 Å². The van der Waals surface area contributed by atoms with E-state index in [1.165, 1.54) is 4.90 Å². The Morgan fingerprint density at radius 3 is 1.32 bits per heavy atom. The second kappa shape index (κ2) is 15.1. The van der Waals surface area contributed by atoms with E-state index in [4.69, 9.17) is 0 Å². The molecule has 0 aliphatic carbocycles. The van der Waals surface area contributed by atoms with Crippen LogP contribution >= 0.6 is 0 Å². The molecule has 0 saturated heterocycles. The first kappa shape index (κ1) is 29.4. The van der Waals surface area contributed by atoms with Gasteiger partial charge in [0.1, 0.15) is 0 Å². The van der Waals surface area contributed by atoms with Gasteiger partial charge in [-0.05, 0) is 145 Å². The lowest BCUT2D eigenvalue weighted by atomic mass is 9.33. The van der Waals surface area contributed by atoms with Crippen molar-refractivity contribution in [1.82, 2.24) is 0 Å². The van der Waals surface area contributed by atoms with E-state index in [2.05, 4.69) is 0 Å². The van der Waals surface area contributed by atoms with Gasteiger partial charge in [-0.2, -0.15) is 0 Å². The predicted octanol–water partition coefficient (Wildman–Crippen LogP) is 14.7.